The fourth-order valence-electron chi connectivity index (χ4n) is 2.17. The summed E-state index contributed by atoms with van der Waals surface area (Å²) in [6, 6.07) is 7.64. The van der Waals surface area contributed by atoms with E-state index in [0.717, 1.165) is 35.4 Å². The van der Waals surface area contributed by atoms with Crippen LogP contribution in [0.15, 0.2) is 24.3 Å². The Morgan fingerprint density at radius 2 is 1.81 bits per heavy atom. The van der Waals surface area contributed by atoms with E-state index >= 15 is 0 Å². The predicted molar refractivity (Wildman–Crippen MR) is 81.6 cm³/mol. The molecule has 21 heavy (non-hydrogen) atoms. The summed E-state index contributed by atoms with van der Waals surface area (Å²) < 4.78 is 11.1. The van der Waals surface area contributed by atoms with Gasteiger partial charge in [-0.1, -0.05) is 0 Å². The van der Waals surface area contributed by atoms with Gasteiger partial charge in [0.1, 0.15) is 30.7 Å². The highest BCUT2D eigenvalue weighted by Gasteiger charge is 2.12. The van der Waals surface area contributed by atoms with Crippen LogP contribution in [0.5, 0.6) is 11.5 Å². The van der Waals surface area contributed by atoms with E-state index in [1.165, 1.54) is 0 Å². The molecule has 0 radical (unpaired) electrons. The minimum absolute atomic E-state index is 0.577. The average Bonchev–Trinajstić information content (AvgIpc) is 2.47. The maximum atomic E-state index is 5.58. The number of nitrogens with zero attached hydrogens (tertiary/aromatic N) is 2. The number of rotatable bonds is 4. The van der Waals surface area contributed by atoms with Crippen molar-refractivity contribution in [3.05, 3.63) is 30.1 Å². The maximum Gasteiger partial charge on any atom is 0.163 e. The Balaban J connectivity index is 1.83. The van der Waals surface area contributed by atoms with E-state index in [1.807, 2.05) is 38.1 Å². The number of nitrogens with one attached hydrogen (secondary N) is 2. The first-order valence-electron chi connectivity index (χ1n) is 7.01. The van der Waals surface area contributed by atoms with Crippen LogP contribution in [0.4, 0.5) is 17.3 Å². The SMILES string of the molecule is CCNc1cc(Nc2ccc3c(c2)OCCO3)nc(C)n1. The Morgan fingerprint density at radius 3 is 2.62 bits per heavy atom. The monoisotopic (exact) mass is 286 g/mol. The molecule has 110 valence electrons. The summed E-state index contributed by atoms with van der Waals surface area (Å²) in [6.07, 6.45) is 0. The van der Waals surface area contributed by atoms with Gasteiger partial charge in [-0.15, -0.1) is 0 Å². The number of hydrogen-bond donors (Lipinski definition) is 2. The molecule has 0 unspecified atom stereocenters. The molecule has 0 fully saturated rings. The predicted octanol–water partition coefficient (Wildman–Crippen LogP) is 2.73. The van der Waals surface area contributed by atoms with E-state index in [2.05, 4.69) is 20.6 Å². The summed E-state index contributed by atoms with van der Waals surface area (Å²) >= 11 is 0. The average molecular weight is 286 g/mol. The second-order valence-electron chi connectivity index (χ2n) is 4.70. The molecular formula is C15H18N4O2. The number of fused-ring (bicyclic) bond motifs is 1. The van der Waals surface area contributed by atoms with E-state index < -0.39 is 0 Å². The summed E-state index contributed by atoms with van der Waals surface area (Å²) in [7, 11) is 0. The normalized spacial score (nSPS) is 12.9. The van der Waals surface area contributed by atoms with Gasteiger partial charge in [-0.3, -0.25) is 0 Å². The van der Waals surface area contributed by atoms with Crippen LogP contribution in [0.1, 0.15) is 12.7 Å². The van der Waals surface area contributed by atoms with Gasteiger partial charge in [0.05, 0.1) is 0 Å². The van der Waals surface area contributed by atoms with Crippen molar-refractivity contribution in [1.29, 1.82) is 0 Å². The Hall–Kier alpha value is -2.50. The number of ether oxygens (including phenoxy) is 2. The van der Waals surface area contributed by atoms with Crippen LogP contribution in [0.2, 0.25) is 0 Å². The molecule has 0 saturated carbocycles. The van der Waals surface area contributed by atoms with Crippen molar-refractivity contribution >= 4 is 17.3 Å². The van der Waals surface area contributed by atoms with E-state index in [4.69, 9.17) is 9.47 Å². The van der Waals surface area contributed by atoms with Crippen LogP contribution in [0, 0.1) is 6.92 Å². The second-order valence-corrected chi connectivity index (χ2v) is 4.70. The molecule has 1 aliphatic heterocycles. The molecule has 2 heterocycles. The molecule has 0 aliphatic carbocycles. The number of aromatic nitrogens is 2. The minimum atomic E-state index is 0.577. The summed E-state index contributed by atoms with van der Waals surface area (Å²) in [6.45, 7) is 5.89. The zero-order valence-corrected chi connectivity index (χ0v) is 12.1. The molecule has 2 N–H and O–H groups in total. The van der Waals surface area contributed by atoms with Gasteiger partial charge in [-0.25, -0.2) is 9.97 Å². The molecule has 0 amide bonds. The molecule has 1 aromatic carbocycles. The van der Waals surface area contributed by atoms with Crippen LogP contribution in [-0.4, -0.2) is 29.7 Å². The van der Waals surface area contributed by atoms with Gasteiger partial charge in [0.2, 0.25) is 0 Å². The number of benzene rings is 1. The highest BCUT2D eigenvalue weighted by molar-refractivity contribution is 5.63. The van der Waals surface area contributed by atoms with Gasteiger partial charge in [0.25, 0.3) is 0 Å². The van der Waals surface area contributed by atoms with Gasteiger partial charge in [-0.2, -0.15) is 0 Å². The standard InChI is InChI=1S/C15H18N4O2/c1-3-16-14-9-15(18-10(2)17-14)19-11-4-5-12-13(8-11)21-7-6-20-12/h4-5,8-9H,3,6-7H2,1-2H3,(H2,16,17,18,19). The van der Waals surface area contributed by atoms with E-state index in [0.29, 0.717) is 19.0 Å². The second kappa shape index (κ2) is 5.87. The smallest absolute Gasteiger partial charge is 0.163 e. The third kappa shape index (κ3) is 3.16. The van der Waals surface area contributed by atoms with Crippen molar-refractivity contribution in [3.63, 3.8) is 0 Å². The summed E-state index contributed by atoms with van der Waals surface area (Å²) in [5.41, 5.74) is 0.903. The van der Waals surface area contributed by atoms with Crippen molar-refractivity contribution in [1.82, 2.24) is 9.97 Å². The van der Waals surface area contributed by atoms with Crippen molar-refractivity contribution in [2.24, 2.45) is 0 Å². The first-order chi connectivity index (χ1) is 10.2. The van der Waals surface area contributed by atoms with Crippen LogP contribution in [0.25, 0.3) is 0 Å². The van der Waals surface area contributed by atoms with E-state index in [1.54, 1.807) is 0 Å². The molecule has 6 nitrogen and oxygen atoms in total. The van der Waals surface area contributed by atoms with E-state index in [-0.39, 0.29) is 0 Å². The molecule has 0 saturated heterocycles. The molecule has 0 atom stereocenters. The van der Waals surface area contributed by atoms with Crippen molar-refractivity contribution in [2.75, 3.05) is 30.4 Å². The van der Waals surface area contributed by atoms with Crippen LogP contribution >= 0.6 is 0 Å². The Morgan fingerprint density at radius 1 is 1.05 bits per heavy atom. The molecule has 3 rings (SSSR count). The number of aryl methyl sites for hydroxylation is 1. The summed E-state index contributed by atoms with van der Waals surface area (Å²) in [4.78, 5) is 8.72. The van der Waals surface area contributed by atoms with Crippen LogP contribution in [-0.2, 0) is 0 Å². The lowest BCUT2D eigenvalue weighted by atomic mass is 10.2. The lowest BCUT2D eigenvalue weighted by Gasteiger charge is -2.19. The first kappa shape index (κ1) is 13.5. The van der Waals surface area contributed by atoms with Gasteiger partial charge >= 0.3 is 0 Å². The molecule has 1 aliphatic rings. The molecule has 1 aromatic heterocycles. The van der Waals surface area contributed by atoms with Crippen molar-refractivity contribution in [2.45, 2.75) is 13.8 Å². The molecule has 2 aromatic rings. The Bertz CT molecular complexity index is 646. The van der Waals surface area contributed by atoms with Crippen molar-refractivity contribution < 1.29 is 9.47 Å². The van der Waals surface area contributed by atoms with Crippen LogP contribution < -0.4 is 20.1 Å². The third-order valence-electron chi connectivity index (χ3n) is 3.01. The van der Waals surface area contributed by atoms with Crippen molar-refractivity contribution in [3.8, 4) is 11.5 Å². The fourth-order valence-corrected chi connectivity index (χ4v) is 2.17. The minimum Gasteiger partial charge on any atom is -0.486 e. The fraction of sp³-hybridized carbons (Fsp3) is 0.333. The third-order valence-corrected chi connectivity index (χ3v) is 3.01. The molecule has 0 spiro atoms. The Labute approximate surface area is 123 Å². The molecular weight excluding hydrogens is 268 g/mol. The highest BCUT2D eigenvalue weighted by atomic mass is 16.6. The Kier molecular flexibility index (Phi) is 3.77. The zero-order chi connectivity index (χ0) is 14.7. The first-order valence-corrected chi connectivity index (χ1v) is 7.01. The molecule has 6 heteroatoms. The molecule has 0 bridgehead atoms. The lowest BCUT2D eigenvalue weighted by molar-refractivity contribution is 0.171. The van der Waals surface area contributed by atoms with Gasteiger partial charge in [0.15, 0.2) is 11.5 Å². The van der Waals surface area contributed by atoms with Gasteiger partial charge < -0.3 is 20.1 Å². The highest BCUT2D eigenvalue weighted by Crippen LogP contribution is 2.33. The van der Waals surface area contributed by atoms with Gasteiger partial charge in [0, 0.05) is 24.4 Å². The maximum absolute atomic E-state index is 5.58. The lowest BCUT2D eigenvalue weighted by Crippen LogP contribution is -2.15. The quantitative estimate of drug-likeness (QED) is 0.900. The van der Waals surface area contributed by atoms with E-state index in [9.17, 15) is 0 Å². The zero-order valence-electron chi connectivity index (χ0n) is 12.1. The summed E-state index contributed by atoms with van der Waals surface area (Å²) in [5.74, 6) is 3.80. The summed E-state index contributed by atoms with van der Waals surface area (Å²) in [5, 5.41) is 6.46. The van der Waals surface area contributed by atoms with Gasteiger partial charge in [-0.05, 0) is 26.0 Å². The van der Waals surface area contributed by atoms with Crippen LogP contribution in [0.3, 0.4) is 0 Å². The largest absolute Gasteiger partial charge is 0.486 e. The number of hydrogen-bond acceptors (Lipinski definition) is 6. The number of anilines is 3. The topological polar surface area (TPSA) is 68.3 Å².